The molecule has 2 rings (SSSR count). The molecule has 1 N–H and O–H groups in total. The molecule has 8 heteroatoms. The molecule has 1 aromatic carbocycles. The van der Waals surface area contributed by atoms with E-state index < -0.39 is 18.5 Å². The number of halogens is 3. The Labute approximate surface area is 166 Å². The summed E-state index contributed by atoms with van der Waals surface area (Å²) in [6, 6.07) is 6.89. The van der Waals surface area contributed by atoms with Crippen LogP contribution in [0.2, 0.25) is 15.2 Å². The van der Waals surface area contributed by atoms with Gasteiger partial charge in [0.25, 0.3) is 5.91 Å². The first-order valence-electron chi connectivity index (χ1n) is 7.79. The number of esters is 1. The van der Waals surface area contributed by atoms with Crippen molar-refractivity contribution in [1.82, 2.24) is 10.3 Å². The first kappa shape index (κ1) is 20.5. The Morgan fingerprint density at radius 2 is 1.88 bits per heavy atom. The summed E-state index contributed by atoms with van der Waals surface area (Å²) in [6.07, 6.45) is 0.530. The third kappa shape index (κ3) is 5.59. The van der Waals surface area contributed by atoms with Gasteiger partial charge in [0.15, 0.2) is 6.61 Å². The standard InChI is InChI=1S/C18H17Cl3N2O3/c1-10-7-11(2)23-17(21)16(10)18(25)26-9-15(24)22-6-5-12-3-4-13(19)8-14(12)20/h3-4,7-8H,5-6,9H2,1-2H3,(H,22,24). The highest BCUT2D eigenvalue weighted by Gasteiger charge is 2.18. The maximum absolute atomic E-state index is 12.1. The fourth-order valence-corrected chi connectivity index (χ4v) is 3.21. The van der Waals surface area contributed by atoms with Crippen LogP contribution in [-0.4, -0.2) is 30.0 Å². The van der Waals surface area contributed by atoms with Gasteiger partial charge in [-0.1, -0.05) is 40.9 Å². The van der Waals surface area contributed by atoms with Crippen molar-refractivity contribution in [2.24, 2.45) is 0 Å². The van der Waals surface area contributed by atoms with E-state index in [1.807, 2.05) is 0 Å². The number of rotatable bonds is 6. The summed E-state index contributed by atoms with van der Waals surface area (Å²) < 4.78 is 5.01. The van der Waals surface area contributed by atoms with Crippen LogP contribution in [0.3, 0.4) is 0 Å². The van der Waals surface area contributed by atoms with Crippen molar-refractivity contribution in [3.8, 4) is 0 Å². The van der Waals surface area contributed by atoms with Gasteiger partial charge in [0.05, 0.1) is 5.56 Å². The lowest BCUT2D eigenvalue weighted by Crippen LogP contribution is -2.30. The topological polar surface area (TPSA) is 68.3 Å². The van der Waals surface area contributed by atoms with Gasteiger partial charge in [-0.25, -0.2) is 9.78 Å². The molecule has 0 aliphatic rings. The van der Waals surface area contributed by atoms with Gasteiger partial charge >= 0.3 is 5.97 Å². The van der Waals surface area contributed by atoms with Crippen LogP contribution in [0, 0.1) is 13.8 Å². The number of benzene rings is 1. The molecule has 0 unspecified atom stereocenters. The predicted octanol–water partition coefficient (Wildman–Crippen LogP) is 4.17. The maximum atomic E-state index is 12.1. The van der Waals surface area contributed by atoms with Crippen molar-refractivity contribution in [1.29, 1.82) is 0 Å². The quantitative estimate of drug-likeness (QED) is 0.568. The molecule has 0 radical (unpaired) electrons. The Bertz CT molecular complexity index is 817. The van der Waals surface area contributed by atoms with Crippen LogP contribution in [0.1, 0.15) is 27.2 Å². The lowest BCUT2D eigenvalue weighted by molar-refractivity contribution is -0.124. The highest BCUT2D eigenvalue weighted by Crippen LogP contribution is 2.21. The lowest BCUT2D eigenvalue weighted by Gasteiger charge is -2.10. The summed E-state index contributed by atoms with van der Waals surface area (Å²) in [7, 11) is 0. The number of aryl methyl sites for hydroxylation is 2. The minimum Gasteiger partial charge on any atom is -0.452 e. The Kier molecular flexibility index (Phi) is 7.26. The van der Waals surface area contributed by atoms with Crippen molar-refractivity contribution in [2.75, 3.05) is 13.2 Å². The van der Waals surface area contributed by atoms with E-state index in [4.69, 9.17) is 39.5 Å². The van der Waals surface area contributed by atoms with Crippen LogP contribution >= 0.6 is 34.8 Å². The van der Waals surface area contributed by atoms with Crippen LogP contribution in [0.25, 0.3) is 0 Å². The van der Waals surface area contributed by atoms with Crippen LogP contribution < -0.4 is 5.32 Å². The van der Waals surface area contributed by atoms with E-state index in [9.17, 15) is 9.59 Å². The second kappa shape index (κ2) is 9.21. The van der Waals surface area contributed by atoms with Gasteiger partial charge in [-0.15, -0.1) is 0 Å². The number of pyridine rings is 1. The van der Waals surface area contributed by atoms with Crippen molar-refractivity contribution in [2.45, 2.75) is 20.3 Å². The maximum Gasteiger partial charge on any atom is 0.342 e. The van der Waals surface area contributed by atoms with Gasteiger partial charge in [-0.05, 0) is 49.6 Å². The molecule has 1 amide bonds. The molecule has 2 aromatic rings. The Hall–Kier alpha value is -1.82. The SMILES string of the molecule is Cc1cc(C)c(C(=O)OCC(=O)NCCc2ccc(Cl)cc2Cl)c(Cl)n1. The number of carbonyl (C=O) groups is 2. The van der Waals surface area contributed by atoms with Gasteiger partial charge < -0.3 is 10.1 Å². The third-order valence-electron chi connectivity index (χ3n) is 3.57. The Morgan fingerprint density at radius 1 is 1.15 bits per heavy atom. The first-order chi connectivity index (χ1) is 12.3. The van der Waals surface area contributed by atoms with Crippen molar-refractivity contribution < 1.29 is 14.3 Å². The van der Waals surface area contributed by atoms with Crippen molar-refractivity contribution in [3.05, 3.63) is 61.8 Å². The van der Waals surface area contributed by atoms with E-state index in [-0.39, 0.29) is 10.7 Å². The van der Waals surface area contributed by atoms with E-state index in [1.165, 1.54) is 0 Å². The molecule has 1 heterocycles. The number of aromatic nitrogens is 1. The molecule has 0 spiro atoms. The van der Waals surface area contributed by atoms with Crippen molar-refractivity contribution >= 4 is 46.7 Å². The summed E-state index contributed by atoms with van der Waals surface area (Å²) in [5.41, 5.74) is 2.37. The van der Waals surface area contributed by atoms with E-state index in [1.54, 1.807) is 38.1 Å². The zero-order valence-corrected chi connectivity index (χ0v) is 16.5. The predicted molar refractivity (Wildman–Crippen MR) is 102 cm³/mol. The largest absolute Gasteiger partial charge is 0.452 e. The smallest absolute Gasteiger partial charge is 0.342 e. The molecule has 0 atom stereocenters. The molecule has 0 fully saturated rings. The van der Waals surface area contributed by atoms with E-state index >= 15 is 0 Å². The third-order valence-corrected chi connectivity index (χ3v) is 4.43. The van der Waals surface area contributed by atoms with Crippen LogP contribution in [0.5, 0.6) is 0 Å². The second-order valence-electron chi connectivity index (χ2n) is 5.66. The van der Waals surface area contributed by atoms with Gasteiger partial charge in [0.2, 0.25) is 0 Å². The molecule has 26 heavy (non-hydrogen) atoms. The van der Waals surface area contributed by atoms with Crippen molar-refractivity contribution in [3.63, 3.8) is 0 Å². The number of nitrogens with one attached hydrogen (secondary N) is 1. The van der Waals surface area contributed by atoms with Gasteiger partial charge in [-0.3, -0.25) is 4.79 Å². The summed E-state index contributed by atoms with van der Waals surface area (Å²) in [5, 5.41) is 3.81. The fourth-order valence-electron chi connectivity index (χ4n) is 2.35. The number of amides is 1. The summed E-state index contributed by atoms with van der Waals surface area (Å²) in [6.45, 7) is 3.45. The molecular formula is C18H17Cl3N2O3. The molecule has 5 nitrogen and oxygen atoms in total. The van der Waals surface area contributed by atoms with Crippen LogP contribution in [0.4, 0.5) is 0 Å². The normalized spacial score (nSPS) is 10.5. The molecule has 1 aromatic heterocycles. The van der Waals surface area contributed by atoms with E-state index in [0.29, 0.717) is 34.3 Å². The number of nitrogens with zero attached hydrogens (tertiary/aromatic N) is 1. The van der Waals surface area contributed by atoms with E-state index in [2.05, 4.69) is 10.3 Å². The molecule has 0 aliphatic heterocycles. The number of carbonyl (C=O) groups excluding carboxylic acids is 2. The minimum absolute atomic E-state index is 0.0605. The number of ether oxygens (including phenoxy) is 1. The Balaban J connectivity index is 1.82. The molecule has 0 bridgehead atoms. The van der Waals surface area contributed by atoms with Crippen LogP contribution in [-0.2, 0) is 16.0 Å². The summed E-state index contributed by atoms with van der Waals surface area (Å²) >= 11 is 17.9. The average Bonchev–Trinajstić information content (AvgIpc) is 2.54. The zero-order valence-electron chi connectivity index (χ0n) is 14.2. The summed E-state index contributed by atoms with van der Waals surface area (Å²) in [4.78, 5) is 28.0. The van der Waals surface area contributed by atoms with E-state index in [0.717, 1.165) is 5.56 Å². The van der Waals surface area contributed by atoms with Gasteiger partial charge in [-0.2, -0.15) is 0 Å². The van der Waals surface area contributed by atoms with Gasteiger partial charge in [0, 0.05) is 22.3 Å². The second-order valence-corrected chi connectivity index (χ2v) is 6.86. The zero-order chi connectivity index (χ0) is 19.3. The summed E-state index contributed by atoms with van der Waals surface area (Å²) in [5.74, 6) is -1.10. The Morgan fingerprint density at radius 3 is 2.54 bits per heavy atom. The number of hydrogen-bond acceptors (Lipinski definition) is 4. The molecular weight excluding hydrogens is 399 g/mol. The average molecular weight is 416 g/mol. The molecule has 0 aliphatic carbocycles. The fraction of sp³-hybridized carbons (Fsp3) is 0.278. The lowest BCUT2D eigenvalue weighted by atomic mass is 10.1. The monoisotopic (exact) mass is 414 g/mol. The number of hydrogen-bond donors (Lipinski definition) is 1. The molecule has 0 saturated carbocycles. The first-order valence-corrected chi connectivity index (χ1v) is 8.93. The van der Waals surface area contributed by atoms with Crippen LogP contribution in [0.15, 0.2) is 24.3 Å². The van der Waals surface area contributed by atoms with Gasteiger partial charge in [0.1, 0.15) is 5.15 Å². The molecule has 0 saturated heterocycles. The molecule has 138 valence electrons. The highest BCUT2D eigenvalue weighted by molar-refractivity contribution is 6.35. The highest BCUT2D eigenvalue weighted by atomic mass is 35.5. The minimum atomic E-state index is -0.684.